The zero-order valence-electron chi connectivity index (χ0n) is 41.2. The number of carbonyl (C=O) groups is 2. The van der Waals surface area contributed by atoms with Gasteiger partial charge >= 0.3 is 11.9 Å². The minimum atomic E-state index is -1.78. The van der Waals surface area contributed by atoms with Gasteiger partial charge in [-0.05, 0) is 77.0 Å². The number of aliphatic hydroxyl groups excluding tert-OH is 7. The van der Waals surface area contributed by atoms with Crippen LogP contribution in [0.3, 0.4) is 0 Å². The maximum atomic E-state index is 13.0. The summed E-state index contributed by atoms with van der Waals surface area (Å²) in [5.74, 6) is -1.05. The summed E-state index contributed by atoms with van der Waals surface area (Å²) in [7, 11) is 0. The molecule has 2 saturated heterocycles. The van der Waals surface area contributed by atoms with E-state index in [0.717, 1.165) is 77.0 Å². The predicted octanol–water partition coefficient (Wildman–Crippen LogP) is 6.98. The lowest BCUT2D eigenvalue weighted by Crippen LogP contribution is -2.61. The van der Waals surface area contributed by atoms with Crippen molar-refractivity contribution in [1.82, 2.24) is 0 Å². The van der Waals surface area contributed by atoms with Crippen molar-refractivity contribution in [3.63, 3.8) is 0 Å². The number of allylic oxidation sites excluding steroid dienone is 16. The first kappa shape index (κ1) is 61.5. The van der Waals surface area contributed by atoms with Crippen molar-refractivity contribution in [3.05, 3.63) is 97.2 Å². The van der Waals surface area contributed by atoms with E-state index in [1.165, 1.54) is 12.8 Å². The van der Waals surface area contributed by atoms with Crippen LogP contribution in [0.1, 0.15) is 136 Å². The molecule has 2 aliphatic heterocycles. The van der Waals surface area contributed by atoms with Crippen LogP contribution in [0.25, 0.3) is 0 Å². The van der Waals surface area contributed by atoms with Crippen LogP contribution in [0.2, 0.25) is 0 Å². The number of aliphatic hydroxyl groups is 7. The van der Waals surface area contributed by atoms with Crippen LogP contribution in [0.4, 0.5) is 0 Å². The Hall–Kier alpha value is -3.58. The molecule has 2 heterocycles. The lowest BCUT2D eigenvalue weighted by atomic mass is 9.98. The van der Waals surface area contributed by atoms with Gasteiger partial charge in [-0.3, -0.25) is 9.59 Å². The van der Waals surface area contributed by atoms with Crippen molar-refractivity contribution in [2.24, 2.45) is 0 Å². The molecule has 2 aliphatic rings. The molecule has 15 nitrogen and oxygen atoms in total. The van der Waals surface area contributed by atoms with E-state index in [9.17, 15) is 45.3 Å². The SMILES string of the molecule is CC/C=C/C/C=C/C/C=C/C/C=C/C/C=C/C/C=C/CCC(=O)OC[C@@H](CO[C@@H]1O[C@H](CO[C@@H]2O[C@H](CO)[C@H](O)C(O)C2O)[C@H](O)C(O)C1O)OC(=O)CCCCCCC/C=C/C/C=C/CCCC. The van der Waals surface area contributed by atoms with E-state index in [0.29, 0.717) is 19.3 Å². The van der Waals surface area contributed by atoms with Gasteiger partial charge in [0.15, 0.2) is 18.7 Å². The average molecular weight is 975 g/mol. The lowest BCUT2D eigenvalue weighted by molar-refractivity contribution is -0.332. The minimum absolute atomic E-state index is 0.0836. The average Bonchev–Trinajstić information content (AvgIpc) is 3.34. The van der Waals surface area contributed by atoms with Crippen LogP contribution in [0.5, 0.6) is 0 Å². The number of rotatable bonds is 37. The number of hydrogen-bond donors (Lipinski definition) is 7. The van der Waals surface area contributed by atoms with Crippen molar-refractivity contribution in [2.75, 3.05) is 26.4 Å². The monoisotopic (exact) mass is 975 g/mol. The van der Waals surface area contributed by atoms with Crippen LogP contribution in [-0.2, 0) is 38.0 Å². The highest BCUT2D eigenvalue weighted by molar-refractivity contribution is 5.70. The molecule has 0 aromatic heterocycles. The molecule has 7 N–H and O–H groups in total. The summed E-state index contributed by atoms with van der Waals surface area (Å²) in [5, 5.41) is 72.0. The van der Waals surface area contributed by atoms with E-state index in [4.69, 9.17) is 28.4 Å². The van der Waals surface area contributed by atoms with Crippen molar-refractivity contribution in [2.45, 2.75) is 203 Å². The second-order valence-corrected chi connectivity index (χ2v) is 17.3. The third kappa shape index (κ3) is 28.2. The van der Waals surface area contributed by atoms with Gasteiger partial charge in [0.25, 0.3) is 0 Å². The molecular formula is C54H86O15. The van der Waals surface area contributed by atoms with Gasteiger partial charge in [-0.1, -0.05) is 143 Å². The molecule has 0 radical (unpaired) electrons. The minimum Gasteiger partial charge on any atom is -0.462 e. The first-order valence-corrected chi connectivity index (χ1v) is 25.3. The summed E-state index contributed by atoms with van der Waals surface area (Å²) < 4.78 is 33.4. The standard InChI is InChI=1S/C54H86O15/c1-3-5-7-9-11-13-15-17-19-20-21-22-23-25-26-28-30-32-34-36-45(56)64-39-42(67-46(57)37-35-33-31-29-27-24-18-16-14-12-10-8-6-4-2)40-65-53-52(63)50(61)48(59)44(69-53)41-66-54-51(62)49(60)47(58)43(38-55)68-54/h5,7,10-13,16-19,21-22,25-26,30,32,42-44,47-55,58-63H,3-4,6,8-9,14-15,20,23-24,27-29,31,33-41H2,1-2H3/b7-5+,12-10+,13-11+,18-16+,19-17+,22-21+,26-25+,32-30+/t42-,43+,44+,47-,48-,49?,50?,51?,52?,53+,54+/m0/s1. The summed E-state index contributed by atoms with van der Waals surface area (Å²) in [4.78, 5) is 25.7. The van der Waals surface area contributed by atoms with Gasteiger partial charge in [-0.2, -0.15) is 0 Å². The van der Waals surface area contributed by atoms with Crippen molar-refractivity contribution in [1.29, 1.82) is 0 Å². The molecule has 0 aliphatic carbocycles. The second-order valence-electron chi connectivity index (χ2n) is 17.3. The fourth-order valence-electron chi connectivity index (χ4n) is 7.14. The molecular weight excluding hydrogens is 889 g/mol. The Labute approximate surface area is 411 Å². The number of esters is 2. The lowest BCUT2D eigenvalue weighted by Gasteiger charge is -2.42. The topological polar surface area (TPSA) is 231 Å². The van der Waals surface area contributed by atoms with Gasteiger partial charge in [-0.15, -0.1) is 0 Å². The maximum absolute atomic E-state index is 13.0. The number of carbonyl (C=O) groups excluding carboxylic acids is 2. The zero-order valence-corrected chi connectivity index (χ0v) is 41.2. The van der Waals surface area contributed by atoms with E-state index < -0.39 is 99.3 Å². The normalized spacial score (nSPS) is 26.4. The molecule has 0 aromatic carbocycles. The molecule has 2 fully saturated rings. The van der Waals surface area contributed by atoms with Crippen LogP contribution in [0, 0.1) is 0 Å². The predicted molar refractivity (Wildman–Crippen MR) is 265 cm³/mol. The number of hydrogen-bond acceptors (Lipinski definition) is 15. The first-order valence-electron chi connectivity index (χ1n) is 25.3. The van der Waals surface area contributed by atoms with Crippen molar-refractivity contribution >= 4 is 11.9 Å². The van der Waals surface area contributed by atoms with Crippen molar-refractivity contribution in [3.8, 4) is 0 Å². The van der Waals surface area contributed by atoms with Crippen LogP contribution >= 0.6 is 0 Å². The Bertz CT molecular complexity index is 1570. The van der Waals surface area contributed by atoms with Gasteiger partial charge in [0.1, 0.15) is 55.4 Å². The van der Waals surface area contributed by atoms with Crippen LogP contribution in [-0.4, -0.2) is 142 Å². The molecule has 0 aromatic rings. The molecule has 2 rings (SSSR count). The molecule has 15 heteroatoms. The molecule has 0 spiro atoms. The first-order chi connectivity index (χ1) is 33.5. The molecule has 0 saturated carbocycles. The molecule has 392 valence electrons. The van der Waals surface area contributed by atoms with E-state index in [1.54, 1.807) is 0 Å². The highest BCUT2D eigenvalue weighted by Gasteiger charge is 2.47. The Kier molecular flexibility index (Phi) is 35.7. The van der Waals surface area contributed by atoms with Gasteiger partial charge in [0, 0.05) is 12.8 Å². The van der Waals surface area contributed by atoms with Gasteiger partial charge in [0.05, 0.1) is 19.8 Å². The number of ether oxygens (including phenoxy) is 6. The maximum Gasteiger partial charge on any atom is 0.306 e. The smallest absolute Gasteiger partial charge is 0.306 e. The van der Waals surface area contributed by atoms with Crippen molar-refractivity contribution < 1.29 is 73.8 Å². The molecule has 69 heavy (non-hydrogen) atoms. The van der Waals surface area contributed by atoms with Crippen LogP contribution < -0.4 is 0 Å². The molecule has 0 bridgehead atoms. The molecule has 4 unspecified atom stereocenters. The highest BCUT2D eigenvalue weighted by atomic mass is 16.7. The van der Waals surface area contributed by atoms with E-state index in [-0.39, 0.29) is 19.4 Å². The fourth-order valence-corrected chi connectivity index (χ4v) is 7.14. The van der Waals surface area contributed by atoms with E-state index in [1.807, 2.05) is 12.2 Å². The summed E-state index contributed by atoms with van der Waals surface area (Å²) in [6, 6.07) is 0. The Morgan fingerprint density at radius 1 is 0.478 bits per heavy atom. The summed E-state index contributed by atoms with van der Waals surface area (Å²) in [6.45, 7) is 2.31. The van der Waals surface area contributed by atoms with Gasteiger partial charge in [-0.25, -0.2) is 0 Å². The number of unbranched alkanes of at least 4 members (excludes halogenated alkanes) is 7. The van der Waals surface area contributed by atoms with Crippen LogP contribution in [0.15, 0.2) is 97.2 Å². The fraction of sp³-hybridized carbons (Fsp3) is 0.667. The largest absolute Gasteiger partial charge is 0.462 e. The highest BCUT2D eigenvalue weighted by Crippen LogP contribution is 2.26. The third-order valence-electron chi connectivity index (χ3n) is 11.3. The summed E-state index contributed by atoms with van der Waals surface area (Å²) >= 11 is 0. The van der Waals surface area contributed by atoms with E-state index in [2.05, 4.69) is 98.9 Å². The van der Waals surface area contributed by atoms with E-state index >= 15 is 0 Å². The third-order valence-corrected chi connectivity index (χ3v) is 11.3. The Morgan fingerprint density at radius 2 is 0.942 bits per heavy atom. The van der Waals surface area contributed by atoms with Gasteiger partial charge < -0.3 is 64.2 Å². The Balaban J connectivity index is 1.85. The van der Waals surface area contributed by atoms with Gasteiger partial charge in [0.2, 0.25) is 0 Å². The summed E-state index contributed by atoms with van der Waals surface area (Å²) in [5.41, 5.74) is 0. The quantitative estimate of drug-likeness (QED) is 0.0189. The molecule has 11 atom stereocenters. The zero-order chi connectivity index (χ0) is 50.3. The Morgan fingerprint density at radius 3 is 1.49 bits per heavy atom. The summed E-state index contributed by atoms with van der Waals surface area (Å²) in [6.07, 6.45) is 33.0. The second kappa shape index (κ2) is 40.1. The molecule has 0 amide bonds.